The number of aromatic nitrogens is 2. The molecule has 4 nitrogen and oxygen atoms in total. The van der Waals surface area contributed by atoms with Crippen LogP contribution in [0.5, 0.6) is 5.75 Å². The van der Waals surface area contributed by atoms with Gasteiger partial charge < -0.3 is 4.74 Å². The molecule has 0 aliphatic carbocycles. The first-order valence-electron chi connectivity index (χ1n) is 7.00. The molecule has 2 aromatic rings. The molecule has 2 heterocycles. The summed E-state index contributed by atoms with van der Waals surface area (Å²) in [4.78, 5) is 2.19. The highest BCUT2D eigenvalue weighted by atomic mass is 19.4. The Kier molecular flexibility index (Phi) is 3.82. The lowest BCUT2D eigenvalue weighted by molar-refractivity contribution is -0.274. The molecule has 118 valence electrons. The third-order valence-corrected chi connectivity index (χ3v) is 3.74. The number of rotatable bonds is 3. The SMILES string of the molecule is Cc1[nH]nc2c1CN(Cc1cccc(OC(F)(F)F)c1)CC2. The van der Waals surface area contributed by atoms with Gasteiger partial charge in [-0.2, -0.15) is 5.10 Å². The monoisotopic (exact) mass is 311 g/mol. The Morgan fingerprint density at radius 1 is 1.36 bits per heavy atom. The van der Waals surface area contributed by atoms with Crippen LogP contribution in [0.1, 0.15) is 22.5 Å². The molecular weight excluding hydrogens is 295 g/mol. The number of hydrogen-bond acceptors (Lipinski definition) is 3. The van der Waals surface area contributed by atoms with E-state index in [1.54, 1.807) is 12.1 Å². The molecule has 1 aliphatic rings. The van der Waals surface area contributed by atoms with Crippen molar-refractivity contribution < 1.29 is 17.9 Å². The van der Waals surface area contributed by atoms with Gasteiger partial charge in [0.2, 0.25) is 0 Å². The van der Waals surface area contributed by atoms with Crippen molar-refractivity contribution in [3.05, 3.63) is 46.8 Å². The third kappa shape index (κ3) is 3.41. The standard InChI is InChI=1S/C15H16F3N3O/c1-10-13-9-21(6-5-14(13)20-19-10)8-11-3-2-4-12(7-11)22-15(16,17)18/h2-4,7H,5-6,8-9H2,1H3,(H,19,20). The zero-order valence-corrected chi connectivity index (χ0v) is 12.1. The summed E-state index contributed by atoms with van der Waals surface area (Å²) >= 11 is 0. The van der Waals surface area contributed by atoms with Gasteiger partial charge >= 0.3 is 6.36 Å². The maximum atomic E-state index is 12.3. The lowest BCUT2D eigenvalue weighted by Gasteiger charge is -2.26. The topological polar surface area (TPSA) is 41.2 Å². The fourth-order valence-electron chi connectivity index (χ4n) is 2.72. The summed E-state index contributed by atoms with van der Waals surface area (Å²) in [6, 6.07) is 6.13. The van der Waals surface area contributed by atoms with Crippen LogP contribution in [0.25, 0.3) is 0 Å². The number of fused-ring (bicyclic) bond motifs is 1. The number of nitrogens with zero attached hydrogens (tertiary/aromatic N) is 2. The molecule has 0 amide bonds. The van der Waals surface area contributed by atoms with Crippen molar-refractivity contribution in [2.75, 3.05) is 6.54 Å². The van der Waals surface area contributed by atoms with Gasteiger partial charge in [0, 0.05) is 37.3 Å². The van der Waals surface area contributed by atoms with Crippen LogP contribution in [0.4, 0.5) is 13.2 Å². The van der Waals surface area contributed by atoms with Gasteiger partial charge in [0.05, 0.1) is 5.69 Å². The number of H-pyrrole nitrogens is 1. The van der Waals surface area contributed by atoms with E-state index in [1.165, 1.54) is 17.7 Å². The Morgan fingerprint density at radius 2 is 2.18 bits per heavy atom. The minimum absolute atomic E-state index is 0.179. The van der Waals surface area contributed by atoms with Crippen LogP contribution in [0.2, 0.25) is 0 Å². The molecule has 1 N–H and O–H groups in total. The molecular formula is C15H16F3N3O. The van der Waals surface area contributed by atoms with E-state index in [0.29, 0.717) is 6.54 Å². The van der Waals surface area contributed by atoms with E-state index in [-0.39, 0.29) is 5.75 Å². The highest BCUT2D eigenvalue weighted by molar-refractivity contribution is 5.30. The number of benzene rings is 1. The highest BCUT2D eigenvalue weighted by Gasteiger charge is 2.31. The third-order valence-electron chi connectivity index (χ3n) is 3.74. The largest absolute Gasteiger partial charge is 0.573 e. The quantitative estimate of drug-likeness (QED) is 0.946. The van der Waals surface area contributed by atoms with Gasteiger partial charge in [-0.25, -0.2) is 0 Å². The van der Waals surface area contributed by atoms with Crippen LogP contribution in [-0.2, 0) is 19.5 Å². The van der Waals surface area contributed by atoms with Gasteiger partial charge in [-0.3, -0.25) is 10.00 Å². The number of hydrogen-bond donors (Lipinski definition) is 1. The number of halogens is 3. The van der Waals surface area contributed by atoms with Gasteiger partial charge in [0.1, 0.15) is 5.75 Å². The smallest absolute Gasteiger partial charge is 0.406 e. The number of aryl methyl sites for hydroxylation is 1. The predicted octanol–water partition coefficient (Wildman–Crippen LogP) is 3.18. The Morgan fingerprint density at radius 3 is 2.95 bits per heavy atom. The Hall–Kier alpha value is -2.02. The molecule has 1 aliphatic heterocycles. The number of nitrogens with one attached hydrogen (secondary N) is 1. The van der Waals surface area contributed by atoms with E-state index in [2.05, 4.69) is 19.8 Å². The van der Waals surface area contributed by atoms with E-state index in [0.717, 1.165) is 36.5 Å². The molecule has 1 aromatic carbocycles. The molecule has 7 heteroatoms. The zero-order valence-electron chi connectivity index (χ0n) is 12.1. The molecule has 0 atom stereocenters. The summed E-state index contributed by atoms with van der Waals surface area (Å²) in [5.74, 6) is -0.179. The van der Waals surface area contributed by atoms with Crippen LogP contribution >= 0.6 is 0 Å². The molecule has 0 unspecified atom stereocenters. The minimum Gasteiger partial charge on any atom is -0.406 e. The lowest BCUT2D eigenvalue weighted by atomic mass is 10.0. The Bertz CT molecular complexity index is 666. The predicted molar refractivity (Wildman–Crippen MR) is 74.3 cm³/mol. The average molecular weight is 311 g/mol. The number of ether oxygens (including phenoxy) is 1. The maximum Gasteiger partial charge on any atom is 0.573 e. The van der Waals surface area contributed by atoms with Crippen LogP contribution < -0.4 is 4.74 Å². The van der Waals surface area contributed by atoms with Crippen LogP contribution in [-0.4, -0.2) is 28.0 Å². The van der Waals surface area contributed by atoms with Crippen molar-refractivity contribution in [3.8, 4) is 5.75 Å². The zero-order chi connectivity index (χ0) is 15.7. The van der Waals surface area contributed by atoms with E-state index in [1.807, 2.05) is 6.92 Å². The molecule has 0 saturated heterocycles. The molecule has 22 heavy (non-hydrogen) atoms. The Balaban J connectivity index is 1.69. The second kappa shape index (κ2) is 5.64. The van der Waals surface area contributed by atoms with Gasteiger partial charge in [-0.15, -0.1) is 13.2 Å². The van der Waals surface area contributed by atoms with Gasteiger partial charge in [0.15, 0.2) is 0 Å². The summed E-state index contributed by atoms with van der Waals surface area (Å²) in [5, 5.41) is 7.23. The van der Waals surface area contributed by atoms with Crippen molar-refractivity contribution in [1.29, 1.82) is 0 Å². The average Bonchev–Trinajstić information content (AvgIpc) is 2.79. The highest BCUT2D eigenvalue weighted by Crippen LogP contribution is 2.25. The van der Waals surface area contributed by atoms with Crippen LogP contribution in [0, 0.1) is 6.92 Å². The summed E-state index contributed by atoms with van der Waals surface area (Å²) in [6.07, 6.45) is -3.81. The van der Waals surface area contributed by atoms with E-state index >= 15 is 0 Å². The second-order valence-corrected chi connectivity index (χ2v) is 5.43. The first-order valence-corrected chi connectivity index (χ1v) is 7.00. The maximum absolute atomic E-state index is 12.3. The van der Waals surface area contributed by atoms with Crippen molar-refractivity contribution in [1.82, 2.24) is 15.1 Å². The second-order valence-electron chi connectivity index (χ2n) is 5.43. The van der Waals surface area contributed by atoms with Crippen molar-refractivity contribution >= 4 is 0 Å². The van der Waals surface area contributed by atoms with Crippen molar-refractivity contribution in [3.63, 3.8) is 0 Å². The first-order chi connectivity index (χ1) is 10.4. The van der Waals surface area contributed by atoms with Crippen LogP contribution in [0.3, 0.4) is 0 Å². The Labute approximate surface area is 125 Å². The van der Waals surface area contributed by atoms with Crippen molar-refractivity contribution in [2.45, 2.75) is 32.8 Å². The summed E-state index contributed by atoms with van der Waals surface area (Å²) in [5.41, 5.74) is 4.12. The molecule has 0 radical (unpaired) electrons. The molecule has 0 saturated carbocycles. The van der Waals surface area contributed by atoms with Gasteiger partial charge in [0.25, 0.3) is 0 Å². The van der Waals surface area contributed by atoms with Crippen LogP contribution in [0.15, 0.2) is 24.3 Å². The number of aromatic amines is 1. The molecule has 0 bridgehead atoms. The fraction of sp³-hybridized carbons (Fsp3) is 0.400. The molecule has 1 aromatic heterocycles. The minimum atomic E-state index is -4.66. The fourth-order valence-corrected chi connectivity index (χ4v) is 2.72. The molecule has 0 spiro atoms. The van der Waals surface area contributed by atoms with E-state index in [4.69, 9.17) is 0 Å². The number of alkyl halides is 3. The molecule has 3 rings (SSSR count). The molecule has 0 fully saturated rings. The summed E-state index contributed by atoms with van der Waals surface area (Å²) < 4.78 is 40.7. The van der Waals surface area contributed by atoms with Crippen molar-refractivity contribution in [2.24, 2.45) is 0 Å². The van der Waals surface area contributed by atoms with Gasteiger partial charge in [-0.05, 0) is 24.6 Å². The van der Waals surface area contributed by atoms with E-state index in [9.17, 15) is 13.2 Å². The lowest BCUT2D eigenvalue weighted by Crippen LogP contribution is -2.30. The first kappa shape index (κ1) is 14.9. The van der Waals surface area contributed by atoms with E-state index < -0.39 is 6.36 Å². The summed E-state index contributed by atoms with van der Waals surface area (Å²) in [6.45, 7) is 4.15. The van der Waals surface area contributed by atoms with Gasteiger partial charge in [-0.1, -0.05) is 12.1 Å². The summed E-state index contributed by atoms with van der Waals surface area (Å²) in [7, 11) is 0. The normalized spacial score (nSPS) is 15.6.